The Balaban J connectivity index is 0.00000169. The summed E-state index contributed by atoms with van der Waals surface area (Å²) in [5, 5.41) is 8.78. The van der Waals surface area contributed by atoms with E-state index in [9.17, 15) is 9.59 Å². The lowest BCUT2D eigenvalue weighted by atomic mass is 10.2. The Morgan fingerprint density at radius 3 is 2.64 bits per heavy atom. The van der Waals surface area contributed by atoms with Crippen LogP contribution in [0, 0.1) is 0 Å². The molecule has 0 aromatic rings. The minimum atomic E-state index is -0.914. The number of hydrogen-bond donors (Lipinski definition) is 2. The number of hydrogen-bond acceptors (Lipinski definition) is 3. The molecule has 1 saturated heterocycles. The van der Waals surface area contributed by atoms with Gasteiger partial charge < -0.3 is 15.7 Å². The number of nitrogens with two attached hydrogens (primary N) is 1. The highest BCUT2D eigenvalue weighted by atomic mass is 35.5. The molecule has 0 saturated carbocycles. The van der Waals surface area contributed by atoms with Crippen LogP contribution in [0.4, 0.5) is 0 Å². The normalized spacial score (nSPS) is 20.4. The van der Waals surface area contributed by atoms with Gasteiger partial charge in [0.2, 0.25) is 5.91 Å². The first-order valence-electron chi connectivity index (χ1n) is 4.39. The maximum Gasteiger partial charge on any atom is 0.326 e. The summed E-state index contributed by atoms with van der Waals surface area (Å²) < 4.78 is 0. The second-order valence-corrected chi connectivity index (χ2v) is 3.12. The molecule has 1 amide bonds. The van der Waals surface area contributed by atoms with Gasteiger partial charge in [0.15, 0.2) is 0 Å². The maximum atomic E-state index is 11.3. The third kappa shape index (κ3) is 2.85. The summed E-state index contributed by atoms with van der Waals surface area (Å²) >= 11 is 0. The van der Waals surface area contributed by atoms with Crippen LogP contribution in [0.1, 0.15) is 19.3 Å². The third-order valence-electron chi connectivity index (χ3n) is 2.22. The Labute approximate surface area is 88.7 Å². The molecule has 0 aliphatic carbocycles. The Morgan fingerprint density at radius 1 is 1.50 bits per heavy atom. The van der Waals surface area contributed by atoms with Gasteiger partial charge in [-0.1, -0.05) is 0 Å². The minimum absolute atomic E-state index is 0. The number of carboxylic acids is 1. The van der Waals surface area contributed by atoms with Gasteiger partial charge in [0.1, 0.15) is 6.04 Å². The van der Waals surface area contributed by atoms with Crippen LogP contribution in [0.3, 0.4) is 0 Å². The number of rotatable bonds is 3. The zero-order chi connectivity index (χ0) is 9.84. The van der Waals surface area contributed by atoms with Crippen LogP contribution in [0.5, 0.6) is 0 Å². The molecular weight excluding hydrogens is 208 g/mol. The predicted molar refractivity (Wildman–Crippen MR) is 53.3 cm³/mol. The third-order valence-corrected chi connectivity index (χ3v) is 2.22. The molecular formula is C8H15ClN2O3. The Morgan fingerprint density at radius 2 is 2.14 bits per heavy atom. The number of aliphatic carboxylic acids is 1. The van der Waals surface area contributed by atoms with E-state index < -0.39 is 12.0 Å². The number of halogens is 1. The number of carboxylic acid groups (broad SMARTS) is 1. The molecule has 0 aromatic heterocycles. The summed E-state index contributed by atoms with van der Waals surface area (Å²) in [7, 11) is 0. The first-order valence-corrected chi connectivity index (χ1v) is 4.39. The summed E-state index contributed by atoms with van der Waals surface area (Å²) in [6.45, 7) is 0.831. The van der Waals surface area contributed by atoms with Crippen molar-refractivity contribution in [2.24, 2.45) is 5.73 Å². The molecule has 0 spiro atoms. The molecule has 0 radical (unpaired) electrons. The van der Waals surface area contributed by atoms with Crippen LogP contribution >= 0.6 is 12.4 Å². The summed E-state index contributed by atoms with van der Waals surface area (Å²) in [6.07, 6.45) is 1.57. The number of likely N-dealkylation sites (tertiary alicyclic amines) is 1. The van der Waals surface area contributed by atoms with E-state index in [1.807, 2.05) is 0 Å². The second-order valence-electron chi connectivity index (χ2n) is 3.12. The smallest absolute Gasteiger partial charge is 0.326 e. The van der Waals surface area contributed by atoms with Gasteiger partial charge in [-0.2, -0.15) is 0 Å². The van der Waals surface area contributed by atoms with Gasteiger partial charge in [-0.05, 0) is 12.8 Å². The molecule has 1 fully saturated rings. The highest BCUT2D eigenvalue weighted by Crippen LogP contribution is 2.17. The molecule has 82 valence electrons. The molecule has 0 bridgehead atoms. The van der Waals surface area contributed by atoms with Gasteiger partial charge in [-0.25, -0.2) is 4.79 Å². The molecule has 5 nitrogen and oxygen atoms in total. The van der Waals surface area contributed by atoms with E-state index in [-0.39, 0.29) is 31.3 Å². The molecule has 1 rings (SSSR count). The fourth-order valence-electron chi connectivity index (χ4n) is 1.59. The van der Waals surface area contributed by atoms with Crippen molar-refractivity contribution in [3.8, 4) is 0 Å². The average molecular weight is 223 g/mol. The van der Waals surface area contributed by atoms with Crippen LogP contribution in [0.15, 0.2) is 0 Å². The van der Waals surface area contributed by atoms with Crippen LogP contribution in [-0.4, -0.2) is 41.0 Å². The largest absolute Gasteiger partial charge is 0.480 e. The zero-order valence-corrected chi connectivity index (χ0v) is 8.63. The van der Waals surface area contributed by atoms with Crippen molar-refractivity contribution >= 4 is 24.3 Å². The van der Waals surface area contributed by atoms with Gasteiger partial charge in [-0.15, -0.1) is 12.4 Å². The summed E-state index contributed by atoms with van der Waals surface area (Å²) in [5.41, 5.74) is 5.22. The van der Waals surface area contributed by atoms with E-state index in [0.29, 0.717) is 13.0 Å². The molecule has 1 aliphatic rings. The number of amides is 1. The van der Waals surface area contributed by atoms with Crippen molar-refractivity contribution in [1.29, 1.82) is 0 Å². The fraction of sp³-hybridized carbons (Fsp3) is 0.750. The first kappa shape index (κ1) is 13.2. The monoisotopic (exact) mass is 222 g/mol. The van der Waals surface area contributed by atoms with E-state index in [1.165, 1.54) is 4.90 Å². The van der Waals surface area contributed by atoms with Crippen LogP contribution in [0.2, 0.25) is 0 Å². The van der Waals surface area contributed by atoms with Gasteiger partial charge in [0.05, 0.1) is 0 Å². The highest BCUT2D eigenvalue weighted by molar-refractivity contribution is 5.85. The van der Waals surface area contributed by atoms with Crippen molar-refractivity contribution in [1.82, 2.24) is 4.90 Å². The lowest BCUT2D eigenvalue weighted by molar-refractivity contribution is -0.148. The summed E-state index contributed by atoms with van der Waals surface area (Å²) in [5.74, 6) is -1.06. The van der Waals surface area contributed by atoms with E-state index in [0.717, 1.165) is 6.42 Å². The van der Waals surface area contributed by atoms with Gasteiger partial charge in [0.25, 0.3) is 0 Å². The summed E-state index contributed by atoms with van der Waals surface area (Å²) in [4.78, 5) is 23.5. The van der Waals surface area contributed by atoms with Crippen molar-refractivity contribution in [2.45, 2.75) is 25.3 Å². The topological polar surface area (TPSA) is 83.6 Å². The number of carbonyl (C=O) groups is 2. The lowest BCUT2D eigenvalue weighted by Gasteiger charge is -2.20. The van der Waals surface area contributed by atoms with Crippen molar-refractivity contribution in [3.63, 3.8) is 0 Å². The van der Waals surface area contributed by atoms with Crippen LogP contribution in [-0.2, 0) is 9.59 Å². The second kappa shape index (κ2) is 5.82. The Bertz CT molecular complexity index is 223. The number of carbonyl (C=O) groups excluding carboxylic acids is 1. The predicted octanol–water partition coefficient (Wildman–Crippen LogP) is -0.167. The standard InChI is InChI=1S/C8H14N2O3.ClH/c9-4-3-7(11)10-5-1-2-6(10)8(12)13;/h6H,1-5,9H2,(H,12,13);1H/t6-;/m0./s1. The lowest BCUT2D eigenvalue weighted by Crippen LogP contribution is -2.41. The first-order chi connectivity index (χ1) is 6.16. The molecule has 14 heavy (non-hydrogen) atoms. The van der Waals surface area contributed by atoms with Gasteiger partial charge >= 0.3 is 5.97 Å². The molecule has 1 heterocycles. The Hall–Kier alpha value is -0.810. The fourth-order valence-corrected chi connectivity index (χ4v) is 1.59. The SMILES string of the molecule is Cl.NCCC(=O)N1CCC[C@H]1C(=O)O. The molecule has 1 atom stereocenters. The minimum Gasteiger partial charge on any atom is -0.480 e. The zero-order valence-electron chi connectivity index (χ0n) is 7.81. The van der Waals surface area contributed by atoms with E-state index in [1.54, 1.807) is 0 Å². The molecule has 6 heteroatoms. The van der Waals surface area contributed by atoms with Gasteiger partial charge in [0, 0.05) is 19.5 Å². The van der Waals surface area contributed by atoms with Crippen molar-refractivity contribution < 1.29 is 14.7 Å². The van der Waals surface area contributed by atoms with E-state index >= 15 is 0 Å². The Kier molecular flexibility index (Phi) is 5.49. The molecule has 3 N–H and O–H groups in total. The van der Waals surface area contributed by atoms with E-state index in [4.69, 9.17) is 10.8 Å². The van der Waals surface area contributed by atoms with Gasteiger partial charge in [-0.3, -0.25) is 4.79 Å². The van der Waals surface area contributed by atoms with Crippen LogP contribution in [0.25, 0.3) is 0 Å². The van der Waals surface area contributed by atoms with Crippen LogP contribution < -0.4 is 5.73 Å². The van der Waals surface area contributed by atoms with E-state index in [2.05, 4.69) is 0 Å². The van der Waals surface area contributed by atoms with Crippen molar-refractivity contribution in [3.05, 3.63) is 0 Å². The molecule has 0 unspecified atom stereocenters. The summed E-state index contributed by atoms with van der Waals surface area (Å²) in [6, 6.07) is -0.626. The molecule has 0 aromatic carbocycles. The van der Waals surface area contributed by atoms with Crippen molar-refractivity contribution in [2.75, 3.05) is 13.1 Å². The quantitative estimate of drug-likeness (QED) is 0.695. The number of nitrogens with zero attached hydrogens (tertiary/aromatic N) is 1. The highest BCUT2D eigenvalue weighted by Gasteiger charge is 2.33. The molecule has 1 aliphatic heterocycles. The maximum absolute atomic E-state index is 11.3. The average Bonchev–Trinajstić information content (AvgIpc) is 2.52.